The van der Waals surface area contributed by atoms with Crippen LogP contribution in [-0.2, 0) is 14.9 Å². The second-order valence-electron chi connectivity index (χ2n) is 1.11. The van der Waals surface area contributed by atoms with Crippen LogP contribution >= 0.6 is 0 Å². The first kappa shape index (κ1) is 12.0. The number of aliphatic hydroxyl groups excluding tert-OH is 1. The van der Waals surface area contributed by atoms with Gasteiger partial charge in [-0.1, -0.05) is 0 Å². The molecule has 7 heteroatoms. The van der Waals surface area contributed by atoms with Crippen LogP contribution in [0.5, 0.6) is 0 Å². The second kappa shape index (κ2) is 6.37. The molecule has 0 aliphatic carbocycles. The van der Waals surface area contributed by atoms with E-state index in [9.17, 15) is 8.42 Å². The molecule has 10 heavy (non-hydrogen) atoms. The number of carbonyl (C=O) groups excluding carboxylic acids is 1. The molecule has 3 N–H and O–H groups in total. The summed E-state index contributed by atoms with van der Waals surface area (Å²) in [5.74, 6) is -0.576. The van der Waals surface area contributed by atoms with E-state index in [-0.39, 0.29) is 0 Å². The minimum absolute atomic E-state index is 0.529. The molecule has 0 aromatic carbocycles. The summed E-state index contributed by atoms with van der Waals surface area (Å²) >= 11 is 0. The van der Waals surface area contributed by atoms with Crippen molar-refractivity contribution >= 4 is 16.2 Å². The van der Waals surface area contributed by atoms with Gasteiger partial charge in [-0.25, -0.2) is 10.2 Å². The molecule has 0 unspecified atom stereocenters. The molecular weight excluding hydrogens is 162 g/mol. The van der Waals surface area contributed by atoms with Crippen LogP contribution in [0, 0.1) is 5.41 Å². The normalized spacial score (nSPS) is 9.00. The van der Waals surface area contributed by atoms with E-state index in [1.807, 2.05) is 0 Å². The van der Waals surface area contributed by atoms with E-state index in [1.54, 1.807) is 0 Å². The molecule has 0 spiro atoms. The molecule has 60 valence electrons. The average Bonchev–Trinajstić information content (AvgIpc) is 1.63. The number of hydrogen-bond donors (Lipinski definition) is 3. The monoisotopic (exact) mass is 169 g/mol. The van der Waals surface area contributed by atoms with Crippen molar-refractivity contribution < 1.29 is 22.9 Å². The van der Waals surface area contributed by atoms with Gasteiger partial charge < -0.3 is 5.11 Å². The van der Waals surface area contributed by atoms with Gasteiger partial charge in [-0.3, -0.25) is 4.55 Å². The highest BCUT2D eigenvalue weighted by Crippen LogP contribution is 1.75. The van der Waals surface area contributed by atoms with Gasteiger partial charge in [0, 0.05) is 0 Å². The van der Waals surface area contributed by atoms with Gasteiger partial charge in [-0.05, 0) is 0 Å². The molecule has 0 aliphatic heterocycles. The highest BCUT2D eigenvalue weighted by Gasteiger charge is 1.99. The maximum atomic E-state index is 9.63. The largest absolute Gasteiger partial charge is 0.395 e. The van der Waals surface area contributed by atoms with Crippen molar-refractivity contribution in [2.45, 2.75) is 0 Å². The molecule has 0 heterocycles. The maximum Gasteiger partial charge on any atom is 0.267 e. The Morgan fingerprint density at radius 3 is 1.80 bits per heavy atom. The number of hydrogen-bond acceptors (Lipinski definition) is 5. The van der Waals surface area contributed by atoms with Crippen LogP contribution in [0.4, 0.5) is 0 Å². The van der Waals surface area contributed by atoms with Crippen molar-refractivity contribution in [2.24, 2.45) is 0 Å². The van der Waals surface area contributed by atoms with Gasteiger partial charge in [0.05, 0.1) is 12.4 Å². The van der Waals surface area contributed by atoms with Crippen LogP contribution in [0.1, 0.15) is 0 Å². The topological polar surface area (TPSA) is 116 Å². The standard InChI is InChI=1S/C2H6O4S.CHNO/c3-1-2-7(4,5)6;2-1-3/h3H,1-2H2,(H,4,5,6);2H. The number of isocyanates is 1. The predicted octanol–water partition coefficient (Wildman–Crippen LogP) is -1.23. The van der Waals surface area contributed by atoms with E-state index < -0.39 is 22.5 Å². The highest BCUT2D eigenvalue weighted by atomic mass is 32.2. The van der Waals surface area contributed by atoms with E-state index in [1.165, 1.54) is 0 Å². The summed E-state index contributed by atoms with van der Waals surface area (Å²) in [5, 5.41) is 13.3. The van der Waals surface area contributed by atoms with Crippen LogP contribution in [0.25, 0.3) is 0 Å². The Bertz CT molecular complexity index is 189. The van der Waals surface area contributed by atoms with Crippen molar-refractivity contribution in [3.8, 4) is 0 Å². The number of aliphatic hydroxyl groups is 1. The molecule has 0 saturated heterocycles. The Morgan fingerprint density at radius 1 is 1.50 bits per heavy atom. The first-order chi connectivity index (χ1) is 4.47. The molecule has 0 fully saturated rings. The lowest BCUT2D eigenvalue weighted by molar-refractivity contribution is 0.315. The maximum absolute atomic E-state index is 9.63. The lowest BCUT2D eigenvalue weighted by Crippen LogP contribution is -2.06. The first-order valence-electron chi connectivity index (χ1n) is 2.07. The smallest absolute Gasteiger partial charge is 0.267 e. The summed E-state index contributed by atoms with van der Waals surface area (Å²) < 4.78 is 27.1. The third kappa shape index (κ3) is 26.8. The summed E-state index contributed by atoms with van der Waals surface area (Å²) in [7, 11) is -3.92. The predicted molar refractivity (Wildman–Crippen MR) is 31.9 cm³/mol. The Labute approximate surface area is 57.7 Å². The Kier molecular flexibility index (Phi) is 7.63. The zero-order valence-electron chi connectivity index (χ0n) is 4.94. The Morgan fingerprint density at radius 2 is 1.80 bits per heavy atom. The van der Waals surface area contributed by atoms with Crippen LogP contribution in [-0.4, -0.2) is 36.5 Å². The van der Waals surface area contributed by atoms with Crippen molar-refractivity contribution in [3.05, 3.63) is 0 Å². The third-order valence-corrected chi connectivity index (χ3v) is 1.05. The fourth-order valence-corrected chi connectivity index (χ4v) is 0.346. The van der Waals surface area contributed by atoms with Crippen molar-refractivity contribution in [1.29, 1.82) is 5.41 Å². The van der Waals surface area contributed by atoms with Gasteiger partial charge in [0.25, 0.3) is 10.1 Å². The fraction of sp³-hybridized carbons (Fsp3) is 0.667. The van der Waals surface area contributed by atoms with E-state index >= 15 is 0 Å². The second-order valence-corrected chi connectivity index (χ2v) is 2.68. The van der Waals surface area contributed by atoms with E-state index in [4.69, 9.17) is 19.9 Å². The Hall–Kier alpha value is -0.750. The summed E-state index contributed by atoms with van der Waals surface area (Å²) in [6.07, 6.45) is 0.750. The van der Waals surface area contributed by atoms with E-state index in [2.05, 4.69) is 0 Å². The number of nitrogens with one attached hydrogen (secondary N) is 1. The van der Waals surface area contributed by atoms with Gasteiger partial charge in [-0.15, -0.1) is 0 Å². The van der Waals surface area contributed by atoms with Gasteiger partial charge in [0.2, 0.25) is 6.08 Å². The van der Waals surface area contributed by atoms with E-state index in [0.29, 0.717) is 0 Å². The molecule has 0 aromatic heterocycles. The van der Waals surface area contributed by atoms with Gasteiger partial charge >= 0.3 is 0 Å². The average molecular weight is 169 g/mol. The summed E-state index contributed by atoms with van der Waals surface area (Å²) in [6, 6.07) is 0. The zero-order chi connectivity index (χ0) is 8.62. The minimum atomic E-state index is -3.92. The first-order valence-corrected chi connectivity index (χ1v) is 3.68. The van der Waals surface area contributed by atoms with Crippen LogP contribution in [0.15, 0.2) is 0 Å². The summed E-state index contributed by atoms with van der Waals surface area (Å²) in [4.78, 5) is 8.35. The molecule has 0 bridgehead atoms. The Balaban J connectivity index is 0. The van der Waals surface area contributed by atoms with Crippen molar-refractivity contribution in [1.82, 2.24) is 0 Å². The third-order valence-electron chi connectivity index (χ3n) is 0.349. The highest BCUT2D eigenvalue weighted by molar-refractivity contribution is 7.85. The number of rotatable bonds is 2. The molecule has 0 saturated carbocycles. The lowest BCUT2D eigenvalue weighted by atomic mass is 10.9. The van der Waals surface area contributed by atoms with Crippen LogP contribution in [0.3, 0.4) is 0 Å². The molecule has 6 nitrogen and oxygen atoms in total. The van der Waals surface area contributed by atoms with Gasteiger partial charge in [-0.2, -0.15) is 8.42 Å². The van der Waals surface area contributed by atoms with Gasteiger partial charge in [0.1, 0.15) is 0 Å². The minimum Gasteiger partial charge on any atom is -0.395 e. The molecule has 0 atom stereocenters. The summed E-state index contributed by atoms with van der Waals surface area (Å²) in [6.45, 7) is -0.529. The van der Waals surface area contributed by atoms with E-state index in [0.717, 1.165) is 6.08 Å². The summed E-state index contributed by atoms with van der Waals surface area (Å²) in [5.41, 5.74) is 0. The van der Waals surface area contributed by atoms with Crippen LogP contribution < -0.4 is 0 Å². The van der Waals surface area contributed by atoms with Gasteiger partial charge in [0.15, 0.2) is 0 Å². The fourth-order valence-electron chi connectivity index (χ4n) is 0.115. The van der Waals surface area contributed by atoms with Crippen molar-refractivity contribution in [3.63, 3.8) is 0 Å². The molecule has 0 rings (SSSR count). The van der Waals surface area contributed by atoms with Crippen LogP contribution in [0.2, 0.25) is 0 Å². The molecule has 0 aromatic rings. The molecule has 0 aliphatic rings. The molecule has 0 amide bonds. The van der Waals surface area contributed by atoms with Crippen molar-refractivity contribution in [2.75, 3.05) is 12.4 Å². The zero-order valence-corrected chi connectivity index (χ0v) is 5.76. The SMILES string of the molecule is N=C=O.O=S(=O)(O)CCO. The lowest BCUT2D eigenvalue weighted by Gasteiger charge is -1.85. The quantitative estimate of drug-likeness (QED) is 0.272. The molecule has 0 radical (unpaired) electrons. The molecular formula is C3H7NO5S.